The van der Waals surface area contributed by atoms with Gasteiger partial charge in [0.25, 0.3) is 5.69 Å². The van der Waals surface area contributed by atoms with Gasteiger partial charge in [0.1, 0.15) is 0 Å². The largest absolute Gasteiger partial charge is 0.380 e. The minimum Gasteiger partial charge on any atom is -0.380 e. The first-order chi connectivity index (χ1) is 9.65. The fourth-order valence-corrected chi connectivity index (χ4v) is 3.71. The van der Waals surface area contributed by atoms with Crippen molar-refractivity contribution in [3.8, 4) is 0 Å². The molecule has 2 aliphatic heterocycles. The topological polar surface area (TPSA) is 58.4 Å². The van der Waals surface area contributed by atoms with Crippen molar-refractivity contribution in [1.82, 2.24) is 4.90 Å². The fraction of sp³-hybridized carbons (Fsp3) is 0.571. The second-order valence-corrected chi connectivity index (χ2v) is 6.41. The lowest BCUT2D eigenvalue weighted by Crippen LogP contribution is -2.41. The Morgan fingerprint density at radius 3 is 2.95 bits per heavy atom. The number of nitro benzene ring substituents is 1. The fourth-order valence-electron chi connectivity index (χ4n) is 3.35. The van der Waals surface area contributed by atoms with E-state index in [1.165, 1.54) is 31.9 Å². The molecule has 5 nitrogen and oxygen atoms in total. The van der Waals surface area contributed by atoms with E-state index in [0.717, 1.165) is 23.1 Å². The van der Waals surface area contributed by atoms with E-state index in [4.69, 9.17) is 0 Å². The zero-order valence-corrected chi connectivity index (χ0v) is 12.8. The van der Waals surface area contributed by atoms with Crippen molar-refractivity contribution in [2.24, 2.45) is 0 Å². The lowest BCUT2D eigenvalue weighted by atomic mass is 9.99. The number of piperidine rings is 1. The molecule has 2 aliphatic rings. The average molecular weight is 340 g/mol. The van der Waals surface area contributed by atoms with Crippen molar-refractivity contribution >= 4 is 27.3 Å². The number of benzene rings is 1. The predicted molar refractivity (Wildman–Crippen MR) is 82.0 cm³/mol. The van der Waals surface area contributed by atoms with Gasteiger partial charge in [-0.05, 0) is 47.8 Å². The number of rotatable bonds is 3. The third-order valence-electron chi connectivity index (χ3n) is 4.36. The molecule has 2 heterocycles. The summed E-state index contributed by atoms with van der Waals surface area (Å²) in [7, 11) is 0. The maximum atomic E-state index is 10.9. The molecule has 0 radical (unpaired) electrons. The summed E-state index contributed by atoms with van der Waals surface area (Å²) in [6, 6.07) is 5.86. The molecule has 2 saturated heterocycles. The zero-order valence-electron chi connectivity index (χ0n) is 11.2. The van der Waals surface area contributed by atoms with Gasteiger partial charge in [-0.2, -0.15) is 0 Å². The lowest BCUT2D eigenvalue weighted by Gasteiger charge is -2.33. The van der Waals surface area contributed by atoms with Crippen molar-refractivity contribution in [3.63, 3.8) is 0 Å². The van der Waals surface area contributed by atoms with Crippen LogP contribution in [0.25, 0.3) is 0 Å². The Hall–Kier alpha value is -1.14. The van der Waals surface area contributed by atoms with Gasteiger partial charge in [-0.15, -0.1) is 0 Å². The van der Waals surface area contributed by atoms with Crippen molar-refractivity contribution in [1.29, 1.82) is 0 Å². The Morgan fingerprint density at radius 2 is 2.15 bits per heavy atom. The Morgan fingerprint density at radius 1 is 1.30 bits per heavy atom. The van der Waals surface area contributed by atoms with E-state index < -0.39 is 0 Å². The number of fused-ring (bicyclic) bond motifs is 1. The Labute approximate surface area is 126 Å². The van der Waals surface area contributed by atoms with Gasteiger partial charge in [0, 0.05) is 35.2 Å². The normalized spacial score (nSPS) is 26.2. The van der Waals surface area contributed by atoms with E-state index in [0.29, 0.717) is 12.1 Å². The quantitative estimate of drug-likeness (QED) is 0.677. The van der Waals surface area contributed by atoms with Crippen LogP contribution in [0.3, 0.4) is 0 Å². The molecule has 1 N–H and O–H groups in total. The maximum absolute atomic E-state index is 10.9. The predicted octanol–water partition coefficient (Wildman–Crippen LogP) is 3.40. The van der Waals surface area contributed by atoms with E-state index in [1.807, 2.05) is 0 Å². The highest BCUT2D eigenvalue weighted by atomic mass is 79.9. The SMILES string of the molecule is O=[N+]([O-])c1ccc(Br)c(NC2CCN3CCCCC23)c1. The summed E-state index contributed by atoms with van der Waals surface area (Å²) in [5.41, 5.74) is 0.964. The van der Waals surface area contributed by atoms with Gasteiger partial charge in [-0.1, -0.05) is 6.42 Å². The maximum Gasteiger partial charge on any atom is 0.271 e. The monoisotopic (exact) mass is 339 g/mol. The van der Waals surface area contributed by atoms with Gasteiger partial charge in [0.15, 0.2) is 0 Å². The second kappa shape index (κ2) is 5.69. The minimum absolute atomic E-state index is 0.134. The molecule has 3 rings (SSSR count). The summed E-state index contributed by atoms with van der Waals surface area (Å²) >= 11 is 3.48. The second-order valence-electron chi connectivity index (χ2n) is 5.56. The van der Waals surface area contributed by atoms with Crippen molar-refractivity contribution in [2.45, 2.75) is 37.8 Å². The van der Waals surface area contributed by atoms with Gasteiger partial charge in [0.05, 0.1) is 10.6 Å². The lowest BCUT2D eigenvalue weighted by molar-refractivity contribution is -0.384. The molecule has 0 spiro atoms. The molecule has 1 aromatic carbocycles. The van der Waals surface area contributed by atoms with Crippen LogP contribution in [0, 0.1) is 10.1 Å². The van der Waals surface area contributed by atoms with Crippen LogP contribution in [0.15, 0.2) is 22.7 Å². The molecule has 0 bridgehead atoms. The average Bonchev–Trinajstić information content (AvgIpc) is 2.84. The number of hydrogen-bond acceptors (Lipinski definition) is 4. The van der Waals surface area contributed by atoms with E-state index >= 15 is 0 Å². The number of hydrogen-bond donors (Lipinski definition) is 1. The number of nitrogens with zero attached hydrogens (tertiary/aromatic N) is 2. The molecule has 108 valence electrons. The molecule has 2 fully saturated rings. The zero-order chi connectivity index (χ0) is 14.1. The first-order valence-corrected chi connectivity index (χ1v) is 7.89. The number of nitro groups is 1. The Bertz CT molecular complexity index is 523. The van der Waals surface area contributed by atoms with Crippen LogP contribution < -0.4 is 5.32 Å². The van der Waals surface area contributed by atoms with Crippen LogP contribution in [0.4, 0.5) is 11.4 Å². The molecule has 2 unspecified atom stereocenters. The standard InChI is InChI=1S/C14H18BrN3O2/c15-11-5-4-10(18(19)20)9-13(11)16-12-6-8-17-7-2-1-3-14(12)17/h4-5,9,12,14,16H,1-3,6-8H2. The molecular weight excluding hydrogens is 322 g/mol. The van der Waals surface area contributed by atoms with E-state index in [1.54, 1.807) is 12.1 Å². The van der Waals surface area contributed by atoms with Crippen LogP contribution >= 0.6 is 15.9 Å². The number of anilines is 1. The minimum atomic E-state index is -0.348. The molecule has 20 heavy (non-hydrogen) atoms. The smallest absolute Gasteiger partial charge is 0.271 e. The molecule has 0 amide bonds. The molecular formula is C14H18BrN3O2. The first kappa shape index (κ1) is 13.8. The van der Waals surface area contributed by atoms with Crippen LogP contribution in [0.5, 0.6) is 0 Å². The molecule has 0 aliphatic carbocycles. The number of nitrogens with one attached hydrogen (secondary N) is 1. The van der Waals surface area contributed by atoms with Crippen molar-refractivity contribution in [2.75, 3.05) is 18.4 Å². The summed E-state index contributed by atoms with van der Waals surface area (Å²) in [5, 5.41) is 14.4. The molecule has 0 aromatic heterocycles. The molecule has 0 saturated carbocycles. The van der Waals surface area contributed by atoms with Crippen LogP contribution in [0.2, 0.25) is 0 Å². The Balaban J connectivity index is 1.77. The van der Waals surface area contributed by atoms with Gasteiger partial charge < -0.3 is 5.32 Å². The van der Waals surface area contributed by atoms with Crippen LogP contribution in [-0.4, -0.2) is 35.0 Å². The Kier molecular flexibility index (Phi) is 3.94. The van der Waals surface area contributed by atoms with E-state index in [2.05, 4.69) is 26.1 Å². The first-order valence-electron chi connectivity index (χ1n) is 7.09. The van der Waals surface area contributed by atoms with E-state index in [9.17, 15) is 10.1 Å². The summed E-state index contributed by atoms with van der Waals surface area (Å²) in [4.78, 5) is 13.1. The number of non-ortho nitro benzene ring substituents is 1. The van der Waals surface area contributed by atoms with Gasteiger partial charge in [-0.3, -0.25) is 15.0 Å². The highest BCUT2D eigenvalue weighted by Gasteiger charge is 2.35. The van der Waals surface area contributed by atoms with Crippen LogP contribution in [-0.2, 0) is 0 Å². The van der Waals surface area contributed by atoms with Crippen LogP contribution in [0.1, 0.15) is 25.7 Å². The summed E-state index contributed by atoms with van der Waals surface area (Å²) < 4.78 is 0.886. The number of halogens is 1. The molecule has 6 heteroatoms. The summed E-state index contributed by atoms with van der Waals surface area (Å²) in [5.74, 6) is 0. The third kappa shape index (κ3) is 2.67. The third-order valence-corrected chi connectivity index (χ3v) is 5.05. The molecule has 1 aromatic rings. The van der Waals surface area contributed by atoms with Gasteiger partial charge >= 0.3 is 0 Å². The summed E-state index contributed by atoms with van der Waals surface area (Å²) in [6.07, 6.45) is 4.92. The summed E-state index contributed by atoms with van der Waals surface area (Å²) in [6.45, 7) is 2.33. The van der Waals surface area contributed by atoms with Crippen molar-refractivity contribution < 1.29 is 4.92 Å². The molecule has 2 atom stereocenters. The van der Waals surface area contributed by atoms with Gasteiger partial charge in [0.2, 0.25) is 0 Å². The van der Waals surface area contributed by atoms with E-state index in [-0.39, 0.29) is 10.6 Å². The highest BCUT2D eigenvalue weighted by molar-refractivity contribution is 9.10. The van der Waals surface area contributed by atoms with Crippen molar-refractivity contribution in [3.05, 3.63) is 32.8 Å². The van der Waals surface area contributed by atoms with Gasteiger partial charge in [-0.25, -0.2) is 0 Å². The highest BCUT2D eigenvalue weighted by Crippen LogP contribution is 2.33.